The van der Waals surface area contributed by atoms with Gasteiger partial charge in [0.05, 0.1) is 22.8 Å². The van der Waals surface area contributed by atoms with E-state index in [1.807, 2.05) is 0 Å². The van der Waals surface area contributed by atoms with Gasteiger partial charge < -0.3 is 0 Å². The Bertz CT molecular complexity index is 1900. The van der Waals surface area contributed by atoms with Crippen LogP contribution in [-0.4, -0.2) is 11.4 Å². The zero-order chi connectivity index (χ0) is 57.1. The summed E-state index contributed by atoms with van der Waals surface area (Å²) in [7, 11) is 0. The molecule has 0 N–H and O–H groups in total. The molecule has 2 nitrogen and oxygen atoms in total. The topological polar surface area (TPSA) is 24.7 Å². The van der Waals surface area contributed by atoms with Crippen LogP contribution in [0.5, 0.6) is 0 Å². The number of unbranched alkanes of at least 4 members (excludes halogenated alkanes) is 23. The Balaban J connectivity index is 0.0000320. The molecule has 0 atom stereocenters. The number of hydrogen-bond donors (Lipinski definition) is 0. The Morgan fingerprint density at radius 3 is 0.875 bits per heavy atom. The maximum absolute atomic E-state index is 6.22. The van der Waals surface area contributed by atoms with Gasteiger partial charge in [-0.25, -0.2) is 0 Å². The molecular formula is C77H128N2Pd. The van der Waals surface area contributed by atoms with E-state index in [1.54, 1.807) is 27.8 Å². The summed E-state index contributed by atoms with van der Waals surface area (Å²) in [6.45, 7) is 20.9. The average molecular weight is 1190 g/mol. The Labute approximate surface area is 512 Å². The van der Waals surface area contributed by atoms with Gasteiger partial charge in [-0.1, -0.05) is 206 Å². The first-order chi connectivity index (χ1) is 38.9. The predicted molar refractivity (Wildman–Crippen MR) is 361 cm³/mol. The summed E-state index contributed by atoms with van der Waals surface area (Å²) in [5, 5.41) is 0. The molecule has 2 aromatic carbocycles. The fourth-order valence-corrected chi connectivity index (χ4v) is 11.2. The average Bonchev–Trinajstić information content (AvgIpc) is 3.61. The summed E-state index contributed by atoms with van der Waals surface area (Å²) in [6.07, 6.45) is 78.4. The molecule has 0 saturated heterocycles. The van der Waals surface area contributed by atoms with Crippen molar-refractivity contribution in [3.05, 3.63) is 118 Å². The maximum Gasteiger partial charge on any atom is 0.0703 e. The van der Waals surface area contributed by atoms with Crippen molar-refractivity contribution in [3.63, 3.8) is 0 Å². The maximum atomic E-state index is 6.22. The molecule has 0 heterocycles. The minimum Gasteiger partial charge on any atom is -0.252 e. The van der Waals surface area contributed by atoms with Crippen LogP contribution >= 0.6 is 0 Å². The second kappa shape index (κ2) is 54.1. The second-order valence-corrected chi connectivity index (χ2v) is 23.6. The number of aryl methyl sites for hydroxylation is 2. The first kappa shape index (κ1) is 75.2. The van der Waals surface area contributed by atoms with E-state index in [1.165, 1.54) is 222 Å². The fraction of sp³-hybridized carbons (Fsp3) is 0.688. The van der Waals surface area contributed by atoms with Crippen LogP contribution in [0.4, 0.5) is 11.4 Å². The third-order valence-corrected chi connectivity index (χ3v) is 16.1. The second-order valence-electron chi connectivity index (χ2n) is 23.6. The largest absolute Gasteiger partial charge is 0.252 e. The minimum atomic E-state index is 0. The third-order valence-electron chi connectivity index (χ3n) is 16.1. The third kappa shape index (κ3) is 36.0. The summed E-state index contributed by atoms with van der Waals surface area (Å²) in [6, 6.07) is 7.27. The Hall–Kier alpha value is -2.86. The molecule has 2 aromatic rings. The van der Waals surface area contributed by atoms with Crippen LogP contribution in [0.2, 0.25) is 0 Å². The van der Waals surface area contributed by atoms with Crippen LogP contribution in [0.25, 0.3) is 0 Å². The van der Waals surface area contributed by atoms with Gasteiger partial charge in [-0.05, 0) is 257 Å². The van der Waals surface area contributed by atoms with E-state index < -0.39 is 0 Å². The molecule has 0 bridgehead atoms. The molecule has 0 unspecified atom stereocenters. The van der Waals surface area contributed by atoms with Crippen molar-refractivity contribution in [1.82, 2.24) is 0 Å². The number of benzene rings is 2. The van der Waals surface area contributed by atoms with Gasteiger partial charge in [0.15, 0.2) is 0 Å². The molecule has 0 aliphatic carbocycles. The summed E-state index contributed by atoms with van der Waals surface area (Å²) in [4.78, 5) is 11.8. The van der Waals surface area contributed by atoms with E-state index in [-0.39, 0.29) is 20.4 Å². The fourth-order valence-electron chi connectivity index (χ4n) is 11.2. The number of allylic oxidation sites excluding steroid dienone is 10. The smallest absolute Gasteiger partial charge is 0.0703 e. The van der Waals surface area contributed by atoms with Crippen LogP contribution in [0.3, 0.4) is 0 Å². The molecular weight excluding hydrogens is 1060 g/mol. The molecule has 0 fully saturated rings. The van der Waals surface area contributed by atoms with Gasteiger partial charge >= 0.3 is 0 Å². The summed E-state index contributed by atoms with van der Waals surface area (Å²) in [5.41, 5.74) is 16.0. The zero-order valence-electron chi connectivity index (χ0n) is 54.3. The van der Waals surface area contributed by atoms with Gasteiger partial charge in [-0.2, -0.15) is 0 Å². The van der Waals surface area contributed by atoms with Crippen LogP contribution in [0.15, 0.2) is 88.9 Å². The number of rotatable bonds is 52. The van der Waals surface area contributed by atoms with Crippen molar-refractivity contribution in [2.75, 3.05) is 0 Å². The molecule has 3 heteroatoms. The SMILES string of the molecule is CCCCC/C=C/CCCc1c(CCC/C=C/CCCCC)c(CCC/C=C/CCCCC)c(/N=C(CCCC)/C(C)=N/c2cc(CCCC)cc(CCCC)c2)c(CCC/C=C/CCCCC)c1CCC/C=C/CCCCC.[Pd]. The van der Waals surface area contributed by atoms with Crippen molar-refractivity contribution in [2.24, 2.45) is 9.98 Å². The molecule has 0 amide bonds. The molecule has 0 aliphatic rings. The molecule has 0 aliphatic heterocycles. The first-order valence-corrected chi connectivity index (χ1v) is 34.6. The number of hydrogen-bond acceptors (Lipinski definition) is 2. The van der Waals surface area contributed by atoms with Gasteiger partial charge in [-0.3, -0.25) is 9.98 Å². The van der Waals surface area contributed by atoms with Crippen LogP contribution in [0.1, 0.15) is 339 Å². The monoisotopic (exact) mass is 1190 g/mol. The van der Waals surface area contributed by atoms with Crippen molar-refractivity contribution in [2.45, 2.75) is 345 Å². The molecule has 0 spiro atoms. The van der Waals surface area contributed by atoms with Crippen molar-refractivity contribution >= 4 is 22.8 Å². The normalized spacial score (nSPS) is 12.6. The Morgan fingerprint density at radius 2 is 0.575 bits per heavy atom. The standard InChI is InChI=1S/C77H128N2.Pd/c1-10-18-26-31-36-41-46-51-58-71-72(59-52-47-42-37-32-27-19-11-2)74(61-54-49-44-39-34-29-21-13-4)77(75(62-55-50-45-40-35-30-22-14-5)73(71)60-53-48-43-38-33-28-20-12-3)79-76(63-25-17-8)67(9)78-70-65-68(56-23-15-6)64-69(66-70)57-24-16-7;/h36-45,64-66H,10-35,46-63H2,1-9H3;/b41-36+,42-37+,43-38+,44-39+,45-40+,78-67+,79-76+;. The van der Waals surface area contributed by atoms with E-state index in [2.05, 4.69) is 141 Å². The molecule has 0 radical (unpaired) electrons. The molecule has 80 heavy (non-hydrogen) atoms. The molecule has 456 valence electrons. The molecule has 0 saturated carbocycles. The Morgan fingerprint density at radius 1 is 0.300 bits per heavy atom. The molecule has 2 rings (SSSR count). The van der Waals surface area contributed by atoms with E-state index in [0.29, 0.717) is 0 Å². The summed E-state index contributed by atoms with van der Waals surface area (Å²) >= 11 is 0. The minimum absolute atomic E-state index is 0. The number of aliphatic imine (C=N–C) groups is 2. The van der Waals surface area contributed by atoms with Gasteiger partial charge in [0, 0.05) is 20.4 Å². The van der Waals surface area contributed by atoms with Crippen LogP contribution in [0, 0.1) is 0 Å². The predicted octanol–water partition coefficient (Wildman–Crippen LogP) is 25.7. The van der Waals surface area contributed by atoms with Crippen molar-refractivity contribution in [1.29, 1.82) is 0 Å². The van der Waals surface area contributed by atoms with Crippen molar-refractivity contribution < 1.29 is 20.4 Å². The Kier molecular flexibility index (Phi) is 50.8. The van der Waals surface area contributed by atoms with Gasteiger partial charge in [0.1, 0.15) is 0 Å². The van der Waals surface area contributed by atoms with Crippen molar-refractivity contribution in [3.8, 4) is 0 Å². The first-order valence-electron chi connectivity index (χ1n) is 34.6. The van der Waals surface area contributed by atoms with Crippen LogP contribution in [-0.2, 0) is 65.4 Å². The quantitative estimate of drug-likeness (QED) is 0.0273. The van der Waals surface area contributed by atoms with Gasteiger partial charge in [0.2, 0.25) is 0 Å². The summed E-state index contributed by atoms with van der Waals surface area (Å²) in [5.74, 6) is 0. The number of nitrogens with zero attached hydrogens (tertiary/aromatic N) is 2. The zero-order valence-corrected chi connectivity index (χ0v) is 55.9. The van der Waals surface area contributed by atoms with E-state index in [4.69, 9.17) is 9.98 Å². The van der Waals surface area contributed by atoms with Gasteiger partial charge in [0.25, 0.3) is 0 Å². The van der Waals surface area contributed by atoms with E-state index >= 15 is 0 Å². The van der Waals surface area contributed by atoms with E-state index in [0.717, 1.165) is 94.9 Å². The summed E-state index contributed by atoms with van der Waals surface area (Å²) < 4.78 is 0. The van der Waals surface area contributed by atoms with Gasteiger partial charge in [-0.15, -0.1) is 0 Å². The molecule has 0 aromatic heterocycles. The van der Waals surface area contributed by atoms with Crippen LogP contribution < -0.4 is 0 Å². The van der Waals surface area contributed by atoms with E-state index in [9.17, 15) is 0 Å².